The van der Waals surface area contributed by atoms with E-state index in [0.717, 1.165) is 25.6 Å². The van der Waals surface area contributed by atoms with Gasteiger partial charge < -0.3 is 10.2 Å². The monoisotopic (exact) mass is 240 g/mol. The number of nitrogens with zero attached hydrogens (tertiary/aromatic N) is 1. The van der Waals surface area contributed by atoms with Crippen LogP contribution in [0.4, 0.5) is 4.39 Å². The van der Waals surface area contributed by atoms with Gasteiger partial charge in [-0.2, -0.15) is 0 Å². The van der Waals surface area contributed by atoms with E-state index in [1.807, 2.05) is 0 Å². The van der Waals surface area contributed by atoms with Crippen molar-refractivity contribution in [3.8, 4) is 0 Å². The lowest BCUT2D eigenvalue weighted by Gasteiger charge is -2.55. The molecule has 0 aromatic heterocycles. The van der Waals surface area contributed by atoms with Gasteiger partial charge in [-0.1, -0.05) is 0 Å². The van der Waals surface area contributed by atoms with Gasteiger partial charge in [-0.25, -0.2) is 4.39 Å². The van der Waals surface area contributed by atoms with Crippen molar-refractivity contribution in [3.63, 3.8) is 0 Å². The van der Waals surface area contributed by atoms with Crippen LogP contribution in [0.2, 0.25) is 0 Å². The molecule has 1 aliphatic carbocycles. The molecular formula is C13H21FN2O. The summed E-state index contributed by atoms with van der Waals surface area (Å²) in [6.45, 7) is 5.00. The molecule has 0 amide bonds. The summed E-state index contributed by atoms with van der Waals surface area (Å²) in [7, 11) is 0. The van der Waals surface area contributed by atoms with E-state index in [0.29, 0.717) is 24.5 Å². The number of likely N-dealkylation sites (tertiary alicyclic amines) is 1. The number of carbonyl (C=O) groups is 1. The molecule has 3 fully saturated rings. The third kappa shape index (κ3) is 2.13. The molecule has 2 heterocycles. The van der Waals surface area contributed by atoms with Crippen LogP contribution in [0.25, 0.3) is 0 Å². The highest BCUT2D eigenvalue weighted by molar-refractivity contribution is 5.62. The van der Waals surface area contributed by atoms with Gasteiger partial charge in [-0.15, -0.1) is 0 Å². The van der Waals surface area contributed by atoms with Crippen LogP contribution >= 0.6 is 0 Å². The highest BCUT2D eigenvalue weighted by Gasteiger charge is 2.48. The lowest BCUT2D eigenvalue weighted by Crippen LogP contribution is -2.61. The molecule has 0 unspecified atom stereocenters. The molecule has 0 aromatic carbocycles. The molecule has 1 N–H and O–H groups in total. The van der Waals surface area contributed by atoms with E-state index in [-0.39, 0.29) is 0 Å². The lowest BCUT2D eigenvalue weighted by atomic mass is 9.58. The number of nitrogens with one attached hydrogen (secondary N) is 1. The fourth-order valence-electron chi connectivity index (χ4n) is 3.65. The summed E-state index contributed by atoms with van der Waals surface area (Å²) in [5.41, 5.74) is -0.900. The largest absolute Gasteiger partial charge is 0.316 e. The first-order chi connectivity index (χ1) is 8.13. The predicted molar refractivity (Wildman–Crippen MR) is 63.6 cm³/mol. The average molecular weight is 240 g/mol. The van der Waals surface area contributed by atoms with Crippen molar-refractivity contribution in [1.82, 2.24) is 10.2 Å². The number of carbonyl (C=O) groups excluding carboxylic acids is 1. The maximum absolute atomic E-state index is 13.7. The Morgan fingerprint density at radius 3 is 2.41 bits per heavy atom. The smallest absolute Gasteiger partial charge is 0.168 e. The number of piperidine rings is 1. The van der Waals surface area contributed by atoms with Crippen molar-refractivity contribution in [3.05, 3.63) is 0 Å². The fourth-order valence-corrected chi connectivity index (χ4v) is 3.65. The minimum atomic E-state index is -1.53. The zero-order chi connectivity index (χ0) is 11.9. The summed E-state index contributed by atoms with van der Waals surface area (Å²) >= 11 is 0. The van der Waals surface area contributed by atoms with Gasteiger partial charge in [0.1, 0.15) is 0 Å². The van der Waals surface area contributed by atoms with Crippen molar-refractivity contribution in [1.29, 1.82) is 0 Å². The van der Waals surface area contributed by atoms with Crippen molar-refractivity contribution in [2.24, 2.45) is 11.3 Å². The van der Waals surface area contributed by atoms with Gasteiger partial charge in [-0.05, 0) is 24.2 Å². The van der Waals surface area contributed by atoms with Crippen LogP contribution in [-0.2, 0) is 4.79 Å². The van der Waals surface area contributed by atoms with Gasteiger partial charge in [0.15, 0.2) is 12.0 Å². The zero-order valence-electron chi connectivity index (χ0n) is 10.3. The first-order valence-electron chi connectivity index (χ1n) is 6.72. The zero-order valence-corrected chi connectivity index (χ0v) is 10.3. The standard InChI is InChI=1S/C13H21FN2O/c14-13(10-17)1-3-16(4-2-13)7-11-5-12(6-11)8-15-9-12/h10-11,15H,1-9H2. The number of halogens is 1. The van der Waals surface area contributed by atoms with Gasteiger partial charge in [0.25, 0.3) is 0 Å². The second-order valence-electron chi connectivity index (χ2n) is 6.33. The Bertz CT molecular complexity index is 301. The van der Waals surface area contributed by atoms with Gasteiger partial charge in [-0.3, -0.25) is 4.79 Å². The number of alkyl halides is 1. The number of hydrogen-bond donors (Lipinski definition) is 1. The fraction of sp³-hybridized carbons (Fsp3) is 0.923. The van der Waals surface area contributed by atoms with Gasteiger partial charge >= 0.3 is 0 Å². The molecule has 3 rings (SSSR count). The summed E-state index contributed by atoms with van der Waals surface area (Å²) in [6.07, 6.45) is 3.95. The first-order valence-corrected chi connectivity index (χ1v) is 6.72. The highest BCUT2D eigenvalue weighted by atomic mass is 19.1. The summed E-state index contributed by atoms with van der Waals surface area (Å²) in [5, 5.41) is 3.34. The van der Waals surface area contributed by atoms with E-state index in [1.54, 1.807) is 0 Å². The normalized spacial score (nSPS) is 31.8. The third-order valence-electron chi connectivity index (χ3n) is 4.86. The molecule has 0 radical (unpaired) electrons. The third-order valence-corrected chi connectivity index (χ3v) is 4.86. The molecule has 4 heteroatoms. The summed E-state index contributed by atoms with van der Waals surface area (Å²) in [4.78, 5) is 12.9. The van der Waals surface area contributed by atoms with Crippen LogP contribution in [0.15, 0.2) is 0 Å². The lowest BCUT2D eigenvalue weighted by molar-refractivity contribution is -0.121. The molecule has 1 saturated carbocycles. The van der Waals surface area contributed by atoms with Gasteiger partial charge in [0, 0.05) is 45.6 Å². The van der Waals surface area contributed by atoms with Crippen molar-refractivity contribution < 1.29 is 9.18 Å². The predicted octanol–water partition coefficient (Wildman–Crippen LogP) is 0.989. The summed E-state index contributed by atoms with van der Waals surface area (Å²) in [5.74, 6) is 0.806. The van der Waals surface area contributed by atoms with Crippen LogP contribution in [0, 0.1) is 11.3 Å². The van der Waals surface area contributed by atoms with Crippen molar-refractivity contribution in [2.75, 3.05) is 32.7 Å². The first kappa shape index (κ1) is 11.6. The maximum atomic E-state index is 13.7. The maximum Gasteiger partial charge on any atom is 0.168 e. The van der Waals surface area contributed by atoms with E-state index in [4.69, 9.17) is 0 Å². The van der Waals surface area contributed by atoms with Crippen molar-refractivity contribution in [2.45, 2.75) is 31.4 Å². The Morgan fingerprint density at radius 1 is 1.29 bits per heavy atom. The summed E-state index contributed by atoms with van der Waals surface area (Å²) in [6, 6.07) is 0. The molecule has 3 nitrogen and oxygen atoms in total. The van der Waals surface area contributed by atoms with Gasteiger partial charge in [0.05, 0.1) is 0 Å². The second kappa shape index (κ2) is 4.02. The van der Waals surface area contributed by atoms with E-state index >= 15 is 0 Å². The van der Waals surface area contributed by atoms with Crippen LogP contribution in [0.5, 0.6) is 0 Å². The van der Waals surface area contributed by atoms with Crippen molar-refractivity contribution >= 4 is 6.29 Å². The number of rotatable bonds is 3. The van der Waals surface area contributed by atoms with E-state index in [9.17, 15) is 9.18 Å². The van der Waals surface area contributed by atoms with Crippen LogP contribution in [-0.4, -0.2) is 49.6 Å². The topological polar surface area (TPSA) is 32.3 Å². The Balaban J connectivity index is 1.41. The van der Waals surface area contributed by atoms with Crippen LogP contribution in [0.3, 0.4) is 0 Å². The minimum absolute atomic E-state index is 0.385. The molecular weight excluding hydrogens is 219 g/mol. The Hall–Kier alpha value is -0.480. The highest BCUT2D eigenvalue weighted by Crippen LogP contribution is 2.48. The van der Waals surface area contributed by atoms with Crippen LogP contribution in [0.1, 0.15) is 25.7 Å². The minimum Gasteiger partial charge on any atom is -0.316 e. The van der Waals surface area contributed by atoms with Gasteiger partial charge in [0.2, 0.25) is 0 Å². The molecule has 3 aliphatic rings. The van der Waals surface area contributed by atoms with E-state index < -0.39 is 5.67 Å². The molecule has 2 saturated heterocycles. The molecule has 1 spiro atoms. The quantitative estimate of drug-likeness (QED) is 0.747. The Kier molecular flexibility index (Phi) is 2.75. The van der Waals surface area contributed by atoms with Crippen LogP contribution < -0.4 is 5.32 Å². The van der Waals surface area contributed by atoms with E-state index in [2.05, 4.69) is 10.2 Å². The molecule has 2 aliphatic heterocycles. The van der Waals surface area contributed by atoms with E-state index in [1.165, 1.54) is 25.9 Å². The molecule has 0 atom stereocenters. The molecule has 17 heavy (non-hydrogen) atoms. The molecule has 96 valence electrons. The number of hydrogen-bond acceptors (Lipinski definition) is 3. The summed E-state index contributed by atoms with van der Waals surface area (Å²) < 4.78 is 13.7. The second-order valence-corrected chi connectivity index (χ2v) is 6.33. The Labute approximate surface area is 102 Å². The molecule has 0 aromatic rings. The molecule has 0 bridgehead atoms. The average Bonchev–Trinajstić information content (AvgIpc) is 2.23. The number of aldehydes is 1. The SMILES string of the molecule is O=CC1(F)CCN(CC2CC3(CNC3)C2)CC1. The Morgan fingerprint density at radius 2 is 1.94 bits per heavy atom.